The predicted octanol–water partition coefficient (Wildman–Crippen LogP) is 8.01. The zero-order chi connectivity index (χ0) is 29.9. The molecule has 0 amide bonds. The number of carbonyl (C=O) groups is 3. The van der Waals surface area contributed by atoms with Gasteiger partial charge in [-0.05, 0) is 19.8 Å². The van der Waals surface area contributed by atoms with Crippen molar-refractivity contribution in [1.82, 2.24) is 0 Å². The number of unbranched alkanes of at least 4 members (excludes halogenated alkanes) is 16. The number of rotatable bonds is 28. The lowest BCUT2D eigenvalue weighted by molar-refractivity contribution is -0.164. The fraction of sp³-hybridized carbons (Fsp3) is 0.848. The molecular weight excluding hydrogens is 508 g/mol. The first-order chi connectivity index (χ1) is 19.3. The summed E-state index contributed by atoms with van der Waals surface area (Å²) in [6.07, 6.45) is 21.3. The summed E-state index contributed by atoms with van der Waals surface area (Å²) in [6.45, 7) is 8.41. The molecule has 0 unspecified atom stereocenters. The first-order valence-electron chi connectivity index (χ1n) is 16.0. The van der Waals surface area contributed by atoms with Crippen molar-refractivity contribution >= 4 is 17.9 Å². The van der Waals surface area contributed by atoms with Gasteiger partial charge in [0.1, 0.15) is 19.8 Å². The minimum atomic E-state index is -1.21. The van der Waals surface area contributed by atoms with Crippen molar-refractivity contribution in [3.8, 4) is 0 Å². The van der Waals surface area contributed by atoms with Crippen LogP contribution in [0.4, 0.5) is 0 Å². The van der Waals surface area contributed by atoms with E-state index in [1.807, 2.05) is 0 Å². The summed E-state index contributed by atoms with van der Waals surface area (Å²) >= 11 is 0. The van der Waals surface area contributed by atoms with Gasteiger partial charge in [0, 0.05) is 18.4 Å². The van der Waals surface area contributed by atoms with Gasteiger partial charge in [-0.2, -0.15) is 0 Å². The van der Waals surface area contributed by atoms with Crippen LogP contribution in [0.2, 0.25) is 0 Å². The molecule has 0 aliphatic carbocycles. The van der Waals surface area contributed by atoms with Crippen LogP contribution in [-0.4, -0.2) is 49.4 Å². The second-order valence-electron chi connectivity index (χ2n) is 11.5. The fourth-order valence-corrected chi connectivity index (χ4v) is 4.38. The smallest absolute Gasteiger partial charge is 0.333 e. The third-order valence-electron chi connectivity index (χ3n) is 7.24. The maximum atomic E-state index is 12.4. The zero-order valence-corrected chi connectivity index (χ0v) is 26.1. The SMILES string of the molecule is C=C(C)C(=O)OCC(CO)(COC(=O)CCCCCCCCCCC)COC(=O)CCCCCCCCCCC. The molecule has 0 aromatic rings. The van der Waals surface area contributed by atoms with Crippen LogP contribution in [0.5, 0.6) is 0 Å². The van der Waals surface area contributed by atoms with E-state index in [0.717, 1.165) is 38.5 Å². The monoisotopic (exact) mass is 568 g/mol. The van der Waals surface area contributed by atoms with Crippen molar-refractivity contribution in [1.29, 1.82) is 0 Å². The molecule has 1 N–H and O–H groups in total. The van der Waals surface area contributed by atoms with Crippen molar-refractivity contribution in [2.24, 2.45) is 5.41 Å². The third kappa shape index (κ3) is 21.9. The van der Waals surface area contributed by atoms with E-state index < -0.39 is 18.0 Å². The van der Waals surface area contributed by atoms with Gasteiger partial charge in [0.25, 0.3) is 0 Å². The van der Waals surface area contributed by atoms with E-state index in [4.69, 9.17) is 14.2 Å². The molecule has 40 heavy (non-hydrogen) atoms. The van der Waals surface area contributed by atoms with Crippen LogP contribution in [0.25, 0.3) is 0 Å². The first-order valence-corrected chi connectivity index (χ1v) is 16.0. The number of hydrogen-bond donors (Lipinski definition) is 1. The zero-order valence-electron chi connectivity index (χ0n) is 26.1. The quantitative estimate of drug-likeness (QED) is 0.0441. The molecule has 0 saturated carbocycles. The molecule has 7 nitrogen and oxygen atoms in total. The minimum Gasteiger partial charge on any atom is -0.465 e. The molecule has 0 aliphatic rings. The highest BCUT2D eigenvalue weighted by Crippen LogP contribution is 2.21. The van der Waals surface area contributed by atoms with Crippen LogP contribution in [0.1, 0.15) is 149 Å². The fourth-order valence-electron chi connectivity index (χ4n) is 4.38. The summed E-state index contributed by atoms with van der Waals surface area (Å²) < 4.78 is 16.2. The van der Waals surface area contributed by atoms with E-state index in [0.29, 0.717) is 12.8 Å². The number of carbonyl (C=O) groups excluding carboxylic acids is 3. The lowest BCUT2D eigenvalue weighted by atomic mass is 9.92. The molecule has 0 spiro atoms. The highest BCUT2D eigenvalue weighted by molar-refractivity contribution is 5.86. The number of hydrogen-bond acceptors (Lipinski definition) is 7. The Labute approximate surface area is 244 Å². The largest absolute Gasteiger partial charge is 0.465 e. The van der Waals surface area contributed by atoms with Crippen molar-refractivity contribution in [2.75, 3.05) is 26.4 Å². The molecule has 0 aromatic heterocycles. The van der Waals surface area contributed by atoms with Gasteiger partial charge in [-0.15, -0.1) is 0 Å². The van der Waals surface area contributed by atoms with Crippen molar-refractivity contribution in [3.63, 3.8) is 0 Å². The molecule has 0 aliphatic heterocycles. The van der Waals surface area contributed by atoms with Gasteiger partial charge in [0.2, 0.25) is 0 Å². The van der Waals surface area contributed by atoms with E-state index in [1.54, 1.807) is 0 Å². The highest BCUT2D eigenvalue weighted by Gasteiger charge is 2.35. The molecule has 234 valence electrons. The number of ether oxygens (including phenoxy) is 3. The molecule has 0 saturated heterocycles. The van der Waals surface area contributed by atoms with Crippen LogP contribution >= 0.6 is 0 Å². The van der Waals surface area contributed by atoms with Gasteiger partial charge >= 0.3 is 17.9 Å². The normalized spacial score (nSPS) is 11.3. The molecule has 0 heterocycles. The van der Waals surface area contributed by atoms with Gasteiger partial charge in [0.05, 0.1) is 12.0 Å². The Morgan fingerprint density at radius 2 is 0.900 bits per heavy atom. The Morgan fingerprint density at radius 3 is 1.23 bits per heavy atom. The second-order valence-corrected chi connectivity index (χ2v) is 11.5. The van der Waals surface area contributed by atoms with Gasteiger partial charge in [-0.25, -0.2) is 4.79 Å². The number of aliphatic hydroxyl groups excluding tert-OH is 1. The van der Waals surface area contributed by atoms with Crippen LogP contribution in [-0.2, 0) is 28.6 Å². The van der Waals surface area contributed by atoms with Gasteiger partial charge in [0.15, 0.2) is 0 Å². The van der Waals surface area contributed by atoms with E-state index in [9.17, 15) is 19.5 Å². The van der Waals surface area contributed by atoms with Crippen LogP contribution in [0.15, 0.2) is 12.2 Å². The van der Waals surface area contributed by atoms with Gasteiger partial charge < -0.3 is 19.3 Å². The molecule has 0 aromatic carbocycles. The standard InChI is InChI=1S/C33H60O7/c1-5-7-9-11-13-15-17-19-21-23-30(35)38-26-33(25-34,28-40-32(37)29(3)4)27-39-31(36)24-22-20-18-16-14-12-10-8-6-2/h34H,3,5-28H2,1-2,4H3. The van der Waals surface area contributed by atoms with Crippen LogP contribution in [0, 0.1) is 5.41 Å². The van der Waals surface area contributed by atoms with Gasteiger partial charge in [-0.3, -0.25) is 9.59 Å². The summed E-state index contributed by atoms with van der Waals surface area (Å²) in [7, 11) is 0. The molecule has 0 bridgehead atoms. The summed E-state index contributed by atoms with van der Waals surface area (Å²) in [5.41, 5.74) is -0.996. The molecule has 0 radical (unpaired) electrons. The number of aliphatic hydroxyl groups is 1. The maximum absolute atomic E-state index is 12.4. The van der Waals surface area contributed by atoms with Crippen LogP contribution < -0.4 is 0 Å². The summed E-state index contributed by atoms with van der Waals surface area (Å²) in [6, 6.07) is 0. The Balaban J connectivity index is 4.48. The lowest BCUT2D eigenvalue weighted by Gasteiger charge is -2.30. The minimum absolute atomic E-state index is 0.200. The molecule has 0 fully saturated rings. The topological polar surface area (TPSA) is 99.1 Å². The molecule has 0 atom stereocenters. The average Bonchev–Trinajstić information content (AvgIpc) is 2.95. The summed E-state index contributed by atoms with van der Waals surface area (Å²) in [5.74, 6) is -1.35. The maximum Gasteiger partial charge on any atom is 0.333 e. The van der Waals surface area contributed by atoms with Crippen molar-refractivity contribution < 1.29 is 33.7 Å². The average molecular weight is 569 g/mol. The Morgan fingerprint density at radius 1 is 0.575 bits per heavy atom. The summed E-state index contributed by atoms with van der Waals surface area (Å²) in [5, 5.41) is 10.2. The highest BCUT2D eigenvalue weighted by atomic mass is 16.6. The lowest BCUT2D eigenvalue weighted by Crippen LogP contribution is -2.42. The van der Waals surface area contributed by atoms with Crippen LogP contribution in [0.3, 0.4) is 0 Å². The number of esters is 3. The van der Waals surface area contributed by atoms with E-state index in [1.165, 1.54) is 84.0 Å². The van der Waals surface area contributed by atoms with Gasteiger partial charge in [-0.1, -0.05) is 123 Å². The molecular formula is C33H60O7. The Hall–Kier alpha value is -1.89. The van der Waals surface area contributed by atoms with E-state index in [2.05, 4.69) is 20.4 Å². The second kappa shape index (κ2) is 26.0. The van der Waals surface area contributed by atoms with Crippen molar-refractivity contribution in [3.05, 3.63) is 12.2 Å². The summed E-state index contributed by atoms with van der Waals surface area (Å²) in [4.78, 5) is 36.7. The Bertz CT molecular complexity index is 636. The Kier molecular flexibility index (Phi) is 24.8. The first kappa shape index (κ1) is 38.1. The predicted molar refractivity (Wildman–Crippen MR) is 161 cm³/mol. The molecule has 0 rings (SSSR count). The van der Waals surface area contributed by atoms with E-state index >= 15 is 0 Å². The third-order valence-corrected chi connectivity index (χ3v) is 7.24. The van der Waals surface area contributed by atoms with E-state index in [-0.39, 0.29) is 37.3 Å². The van der Waals surface area contributed by atoms with Crippen molar-refractivity contribution in [2.45, 2.75) is 149 Å². The molecule has 7 heteroatoms.